The van der Waals surface area contributed by atoms with Crippen LogP contribution in [0, 0.1) is 0 Å². The molecule has 1 saturated heterocycles. The Bertz CT molecular complexity index is 558. The van der Waals surface area contributed by atoms with E-state index in [1.807, 2.05) is 6.92 Å². The van der Waals surface area contributed by atoms with Crippen LogP contribution in [0.2, 0.25) is 0 Å². The smallest absolute Gasteiger partial charge is 0.241 e. The number of hydrogen-bond donors (Lipinski definition) is 2. The number of rotatable bonds is 6. The molecule has 0 aliphatic carbocycles. The molecule has 1 aliphatic heterocycles. The van der Waals surface area contributed by atoms with Crippen molar-refractivity contribution in [3.8, 4) is 0 Å². The van der Waals surface area contributed by atoms with Crippen LogP contribution < -0.4 is 11.1 Å². The lowest BCUT2D eigenvalue weighted by atomic mass is 10.1. The summed E-state index contributed by atoms with van der Waals surface area (Å²) in [5.41, 5.74) is 7.25. The molecule has 1 heterocycles. The van der Waals surface area contributed by atoms with Crippen LogP contribution in [-0.2, 0) is 20.9 Å². The minimum Gasteiger partial charge on any atom is -0.325 e. The van der Waals surface area contributed by atoms with Crippen molar-refractivity contribution < 1.29 is 14.4 Å². The number of carbonyl (C=O) groups excluding carboxylic acids is 3. The number of carbonyl (C=O) groups is 3. The topological polar surface area (TPSA) is 92.5 Å². The van der Waals surface area contributed by atoms with Gasteiger partial charge in [-0.3, -0.25) is 19.3 Å². The van der Waals surface area contributed by atoms with Gasteiger partial charge in [-0.1, -0.05) is 25.5 Å². The number of benzene rings is 1. The highest BCUT2D eigenvalue weighted by Gasteiger charge is 2.28. The van der Waals surface area contributed by atoms with Crippen molar-refractivity contribution in [2.75, 3.05) is 5.32 Å². The second-order valence-corrected chi connectivity index (χ2v) is 5.45. The summed E-state index contributed by atoms with van der Waals surface area (Å²) in [6.07, 6.45) is 2.08. The summed E-state index contributed by atoms with van der Waals surface area (Å²) in [4.78, 5) is 36.2. The van der Waals surface area contributed by atoms with Crippen molar-refractivity contribution >= 4 is 35.8 Å². The molecule has 23 heavy (non-hydrogen) atoms. The molecule has 1 aromatic rings. The van der Waals surface area contributed by atoms with E-state index in [-0.39, 0.29) is 36.7 Å². The first kappa shape index (κ1) is 19.1. The number of halogens is 1. The van der Waals surface area contributed by atoms with E-state index < -0.39 is 6.04 Å². The first-order chi connectivity index (χ1) is 10.5. The van der Waals surface area contributed by atoms with Gasteiger partial charge in [-0.15, -0.1) is 12.4 Å². The molecule has 126 valence electrons. The van der Waals surface area contributed by atoms with E-state index in [0.29, 0.717) is 24.9 Å². The molecule has 7 heteroatoms. The van der Waals surface area contributed by atoms with E-state index in [0.717, 1.165) is 12.0 Å². The Labute approximate surface area is 141 Å². The van der Waals surface area contributed by atoms with E-state index in [4.69, 9.17) is 5.73 Å². The predicted octanol–water partition coefficient (Wildman–Crippen LogP) is 1.82. The zero-order chi connectivity index (χ0) is 16.1. The largest absolute Gasteiger partial charge is 0.325 e. The Morgan fingerprint density at radius 1 is 1.22 bits per heavy atom. The third-order valence-electron chi connectivity index (χ3n) is 3.65. The summed E-state index contributed by atoms with van der Waals surface area (Å²) in [5.74, 6) is -0.472. The number of nitrogens with two attached hydrogens (primary N) is 1. The molecule has 0 radical (unpaired) electrons. The number of nitrogens with one attached hydrogen (secondary N) is 1. The Balaban J connectivity index is 0.00000264. The number of amides is 3. The molecule has 1 aromatic carbocycles. The summed E-state index contributed by atoms with van der Waals surface area (Å²) in [6.45, 7) is 2.25. The molecule has 1 fully saturated rings. The fourth-order valence-corrected chi connectivity index (χ4v) is 2.35. The molecule has 0 aromatic heterocycles. The number of nitrogens with zero attached hydrogens (tertiary/aromatic N) is 1. The summed E-state index contributed by atoms with van der Waals surface area (Å²) < 4.78 is 0. The summed E-state index contributed by atoms with van der Waals surface area (Å²) in [7, 11) is 0. The number of likely N-dealkylation sites (tertiary alicyclic amines) is 1. The first-order valence-corrected chi connectivity index (χ1v) is 7.50. The third-order valence-corrected chi connectivity index (χ3v) is 3.65. The molecule has 1 aliphatic rings. The summed E-state index contributed by atoms with van der Waals surface area (Å²) in [6, 6.07) is 6.57. The molecule has 3 amide bonds. The Morgan fingerprint density at radius 2 is 1.78 bits per heavy atom. The van der Waals surface area contributed by atoms with Gasteiger partial charge in [-0.25, -0.2) is 0 Å². The molecule has 6 nitrogen and oxygen atoms in total. The van der Waals surface area contributed by atoms with Crippen LogP contribution in [-0.4, -0.2) is 28.7 Å². The molecule has 2 rings (SSSR count). The van der Waals surface area contributed by atoms with E-state index in [1.165, 1.54) is 4.90 Å². The predicted molar refractivity (Wildman–Crippen MR) is 90.0 cm³/mol. The normalized spacial score (nSPS) is 15.3. The van der Waals surface area contributed by atoms with Crippen molar-refractivity contribution in [3.05, 3.63) is 29.8 Å². The SMILES string of the molecule is CCCC(N)C(=O)Nc1ccc(CN2C(=O)CCC2=O)cc1.Cl. The zero-order valence-electron chi connectivity index (χ0n) is 13.1. The molecular formula is C16H22ClN3O3. The Kier molecular flexibility index (Phi) is 7.19. The summed E-state index contributed by atoms with van der Waals surface area (Å²) in [5, 5.41) is 2.75. The lowest BCUT2D eigenvalue weighted by molar-refractivity contribution is -0.139. The first-order valence-electron chi connectivity index (χ1n) is 7.50. The van der Waals surface area contributed by atoms with Gasteiger partial charge in [0.2, 0.25) is 17.7 Å². The van der Waals surface area contributed by atoms with Crippen LogP contribution in [0.3, 0.4) is 0 Å². The van der Waals surface area contributed by atoms with Gasteiger partial charge in [0, 0.05) is 18.5 Å². The van der Waals surface area contributed by atoms with Gasteiger partial charge in [-0.2, -0.15) is 0 Å². The van der Waals surface area contributed by atoms with Crippen LogP contribution >= 0.6 is 12.4 Å². The Hall–Kier alpha value is -1.92. The second-order valence-electron chi connectivity index (χ2n) is 5.45. The van der Waals surface area contributed by atoms with Gasteiger partial charge in [-0.05, 0) is 24.1 Å². The van der Waals surface area contributed by atoms with Crippen molar-refractivity contribution in [2.24, 2.45) is 5.73 Å². The maximum atomic E-state index is 11.8. The Morgan fingerprint density at radius 3 is 2.30 bits per heavy atom. The van der Waals surface area contributed by atoms with E-state index in [2.05, 4.69) is 5.32 Å². The monoisotopic (exact) mass is 339 g/mol. The van der Waals surface area contributed by atoms with E-state index in [1.54, 1.807) is 24.3 Å². The fraction of sp³-hybridized carbons (Fsp3) is 0.438. The quantitative estimate of drug-likeness (QED) is 0.773. The van der Waals surface area contributed by atoms with Crippen molar-refractivity contribution in [2.45, 2.75) is 45.2 Å². The van der Waals surface area contributed by atoms with Crippen molar-refractivity contribution in [1.29, 1.82) is 0 Å². The highest BCUT2D eigenvalue weighted by molar-refractivity contribution is 6.01. The second kappa shape index (κ2) is 8.64. The lowest BCUT2D eigenvalue weighted by Crippen LogP contribution is -2.35. The molecule has 1 atom stereocenters. The number of imide groups is 1. The van der Waals surface area contributed by atoms with E-state index >= 15 is 0 Å². The van der Waals surface area contributed by atoms with E-state index in [9.17, 15) is 14.4 Å². The highest BCUT2D eigenvalue weighted by atomic mass is 35.5. The van der Waals surface area contributed by atoms with Crippen LogP contribution in [0.1, 0.15) is 38.2 Å². The van der Waals surface area contributed by atoms with Gasteiger partial charge >= 0.3 is 0 Å². The maximum Gasteiger partial charge on any atom is 0.241 e. The molecule has 1 unspecified atom stereocenters. The van der Waals surface area contributed by atoms with Crippen LogP contribution in [0.15, 0.2) is 24.3 Å². The highest BCUT2D eigenvalue weighted by Crippen LogP contribution is 2.17. The van der Waals surface area contributed by atoms with Crippen molar-refractivity contribution in [3.63, 3.8) is 0 Å². The van der Waals surface area contributed by atoms with Gasteiger partial charge in [0.15, 0.2) is 0 Å². The minimum absolute atomic E-state index is 0. The third kappa shape index (κ3) is 5.04. The average Bonchev–Trinajstić information content (AvgIpc) is 2.81. The van der Waals surface area contributed by atoms with Gasteiger partial charge in [0.25, 0.3) is 0 Å². The average molecular weight is 340 g/mol. The van der Waals surface area contributed by atoms with Crippen molar-refractivity contribution in [1.82, 2.24) is 4.90 Å². The maximum absolute atomic E-state index is 11.8. The molecule has 0 saturated carbocycles. The van der Waals surface area contributed by atoms with Gasteiger partial charge < -0.3 is 11.1 Å². The molecular weight excluding hydrogens is 318 g/mol. The number of hydrogen-bond acceptors (Lipinski definition) is 4. The zero-order valence-corrected chi connectivity index (χ0v) is 13.9. The van der Waals surface area contributed by atoms with Crippen LogP contribution in [0.5, 0.6) is 0 Å². The van der Waals surface area contributed by atoms with Gasteiger partial charge in [0.1, 0.15) is 0 Å². The van der Waals surface area contributed by atoms with Gasteiger partial charge in [0.05, 0.1) is 12.6 Å². The molecule has 0 spiro atoms. The summed E-state index contributed by atoms with van der Waals surface area (Å²) >= 11 is 0. The standard InChI is InChI=1S/C16H21N3O3.ClH/c1-2-3-13(17)16(22)18-12-6-4-11(5-7-12)10-19-14(20)8-9-15(19)21;/h4-7,13H,2-3,8-10,17H2,1H3,(H,18,22);1H. The fourth-order valence-electron chi connectivity index (χ4n) is 2.35. The van der Waals surface area contributed by atoms with Crippen LogP contribution in [0.25, 0.3) is 0 Å². The molecule has 0 bridgehead atoms. The number of anilines is 1. The lowest BCUT2D eigenvalue weighted by Gasteiger charge is -2.15. The minimum atomic E-state index is -0.510. The van der Waals surface area contributed by atoms with Crippen LogP contribution in [0.4, 0.5) is 5.69 Å². The molecule has 3 N–H and O–H groups in total.